The molecule has 1 aliphatic heterocycles. The second-order valence-corrected chi connectivity index (χ2v) is 7.33. The molecule has 11 heteroatoms. The Labute approximate surface area is 159 Å². The van der Waals surface area contributed by atoms with E-state index < -0.39 is 12.0 Å². The van der Waals surface area contributed by atoms with Gasteiger partial charge >= 0.3 is 0 Å². The van der Waals surface area contributed by atoms with Crippen molar-refractivity contribution in [2.24, 2.45) is 20.4 Å². The second-order valence-electron chi connectivity index (χ2n) is 7.33. The van der Waals surface area contributed by atoms with E-state index in [1.807, 2.05) is 0 Å². The predicted octanol–water partition coefficient (Wildman–Crippen LogP) is 1.59. The van der Waals surface area contributed by atoms with E-state index in [0.29, 0.717) is 12.2 Å². The summed E-state index contributed by atoms with van der Waals surface area (Å²) < 4.78 is 25.9. The molecular formula is C17H20F2N8O. The van der Waals surface area contributed by atoms with Crippen molar-refractivity contribution < 1.29 is 13.6 Å². The summed E-state index contributed by atoms with van der Waals surface area (Å²) in [6.07, 6.45) is 3.47. The largest absolute Gasteiger partial charge is 0.310 e. The monoisotopic (exact) mass is 390 g/mol. The first kappa shape index (κ1) is 18.4. The number of carbonyl (C=O) groups excluding carboxylic acids is 1. The van der Waals surface area contributed by atoms with E-state index in [1.165, 1.54) is 7.05 Å². The summed E-state index contributed by atoms with van der Waals surface area (Å²) in [5.41, 5.74) is 0.619. The molecule has 148 valence electrons. The molecule has 2 aliphatic carbocycles. The van der Waals surface area contributed by atoms with Crippen LogP contribution in [0.4, 0.5) is 20.5 Å². The molecule has 0 bridgehead atoms. The van der Waals surface area contributed by atoms with Gasteiger partial charge in [-0.1, -0.05) is 0 Å². The van der Waals surface area contributed by atoms with Crippen LogP contribution in [-0.2, 0) is 11.2 Å². The van der Waals surface area contributed by atoms with E-state index >= 15 is 0 Å². The van der Waals surface area contributed by atoms with Crippen LogP contribution in [0.5, 0.6) is 0 Å². The smallest absolute Gasteiger partial charge is 0.252 e. The van der Waals surface area contributed by atoms with Crippen LogP contribution in [0.15, 0.2) is 21.2 Å². The first-order valence-corrected chi connectivity index (χ1v) is 8.93. The van der Waals surface area contributed by atoms with Crippen molar-refractivity contribution in [1.82, 2.24) is 15.3 Å². The number of amides is 1. The molecule has 0 unspecified atom stereocenters. The molecular weight excluding hydrogens is 370 g/mol. The van der Waals surface area contributed by atoms with Gasteiger partial charge in [-0.15, -0.1) is 0 Å². The lowest BCUT2D eigenvalue weighted by Crippen LogP contribution is -2.41. The molecule has 0 atom stereocenters. The lowest BCUT2D eigenvalue weighted by atomic mass is 9.89. The third kappa shape index (κ3) is 3.56. The molecule has 0 radical (unpaired) electrons. The molecule has 2 saturated carbocycles. The number of hydrogen-bond acceptors (Lipinski definition) is 5. The molecule has 9 nitrogen and oxygen atoms in total. The predicted molar refractivity (Wildman–Crippen MR) is 101 cm³/mol. The number of guanidine groups is 2. The van der Waals surface area contributed by atoms with Gasteiger partial charge in [0.1, 0.15) is 5.82 Å². The third-order valence-electron chi connectivity index (χ3n) is 5.17. The summed E-state index contributed by atoms with van der Waals surface area (Å²) in [6.45, 7) is 3.40. The van der Waals surface area contributed by atoms with Gasteiger partial charge in [0, 0.05) is 31.6 Å². The number of aliphatic imine (C=N–C) groups is 3. The molecule has 3 aliphatic rings. The summed E-state index contributed by atoms with van der Waals surface area (Å²) in [7, 11) is 1.52. The lowest BCUT2D eigenvalue weighted by molar-refractivity contribution is -0.121. The van der Waals surface area contributed by atoms with Gasteiger partial charge in [-0.25, -0.2) is 23.7 Å². The fourth-order valence-corrected chi connectivity index (χ4v) is 3.31. The van der Waals surface area contributed by atoms with Crippen molar-refractivity contribution in [3.63, 3.8) is 0 Å². The number of alkyl halides is 2. The van der Waals surface area contributed by atoms with Gasteiger partial charge in [-0.2, -0.15) is 4.98 Å². The topological polar surface area (TPSA) is 116 Å². The summed E-state index contributed by atoms with van der Waals surface area (Å²) >= 11 is 0. The van der Waals surface area contributed by atoms with E-state index in [-0.39, 0.29) is 42.0 Å². The van der Waals surface area contributed by atoms with Crippen LogP contribution in [0, 0.1) is 5.41 Å². The number of rotatable bonds is 2. The Morgan fingerprint density at radius 3 is 2.75 bits per heavy atom. The number of halogens is 2. The van der Waals surface area contributed by atoms with Crippen LogP contribution in [0.3, 0.4) is 0 Å². The van der Waals surface area contributed by atoms with Gasteiger partial charge in [0.05, 0.1) is 11.5 Å². The number of nitrogens with zero attached hydrogens (tertiary/aromatic N) is 5. The Balaban J connectivity index is 1.43. The average Bonchev–Trinajstić information content (AvgIpc) is 3.40. The van der Waals surface area contributed by atoms with Gasteiger partial charge in [-0.05, 0) is 26.0 Å². The minimum Gasteiger partial charge on any atom is -0.310 e. The highest BCUT2D eigenvalue weighted by Gasteiger charge is 2.52. The molecule has 3 N–H and O–H groups in total. The average molecular weight is 390 g/mol. The summed E-state index contributed by atoms with van der Waals surface area (Å²) in [6, 6.07) is -0.508. The van der Waals surface area contributed by atoms with Crippen molar-refractivity contribution in [3.8, 4) is 0 Å². The number of aromatic nitrogens is 2. The number of anilines is 2. The van der Waals surface area contributed by atoms with E-state index in [0.717, 1.165) is 18.4 Å². The molecule has 0 aromatic carbocycles. The van der Waals surface area contributed by atoms with E-state index in [2.05, 4.69) is 47.6 Å². The maximum atomic E-state index is 13.0. The maximum absolute atomic E-state index is 13.0. The Morgan fingerprint density at radius 2 is 2.14 bits per heavy atom. The zero-order chi connectivity index (χ0) is 19.9. The van der Waals surface area contributed by atoms with Gasteiger partial charge in [-0.3, -0.25) is 20.4 Å². The van der Waals surface area contributed by atoms with Crippen molar-refractivity contribution in [2.45, 2.75) is 44.1 Å². The molecule has 1 amide bonds. The van der Waals surface area contributed by atoms with Crippen LogP contribution >= 0.6 is 0 Å². The van der Waals surface area contributed by atoms with E-state index in [1.54, 1.807) is 6.20 Å². The fraction of sp³-hybridized carbons (Fsp3) is 0.529. The van der Waals surface area contributed by atoms with Gasteiger partial charge in [0.15, 0.2) is 0 Å². The minimum absolute atomic E-state index is 0.00488. The molecule has 2 heterocycles. The molecule has 1 aromatic heterocycles. The highest BCUT2D eigenvalue weighted by atomic mass is 19.3. The molecule has 28 heavy (non-hydrogen) atoms. The van der Waals surface area contributed by atoms with E-state index in [9.17, 15) is 13.6 Å². The Kier molecular flexibility index (Phi) is 4.31. The van der Waals surface area contributed by atoms with Crippen LogP contribution < -0.4 is 16.0 Å². The number of nitrogens with one attached hydrogen (secondary N) is 3. The molecule has 0 saturated heterocycles. The SMILES string of the molecule is C=NC(=NC1CC(F)(F)C1)NC(=NC)Nc1ncc2c(n1)NC(=O)C1(CC1)C2. The molecule has 2 fully saturated rings. The standard InChI is InChI=1S/C17H20F2N8O/c1-20-13(23-10-6-17(18,19)7-10)26-14(21-2)27-15-22-8-9-5-16(3-4-16)12(28)24-11(9)25-15/h8,10H,1,3-7H2,2H3,(H3,21,22,23,24,25,26,27,28). The lowest BCUT2D eigenvalue weighted by Gasteiger charge is -2.32. The zero-order valence-electron chi connectivity index (χ0n) is 15.3. The normalized spacial score (nSPS) is 22.8. The number of hydrogen-bond donors (Lipinski definition) is 3. The van der Waals surface area contributed by atoms with Crippen LogP contribution in [-0.4, -0.2) is 53.5 Å². The summed E-state index contributed by atoms with van der Waals surface area (Å²) in [5, 5.41) is 8.49. The van der Waals surface area contributed by atoms with Crippen LogP contribution in [0.1, 0.15) is 31.2 Å². The van der Waals surface area contributed by atoms with Crippen molar-refractivity contribution in [3.05, 3.63) is 11.8 Å². The first-order valence-electron chi connectivity index (χ1n) is 8.93. The fourth-order valence-electron chi connectivity index (χ4n) is 3.31. The first-order chi connectivity index (χ1) is 13.3. The van der Waals surface area contributed by atoms with Gasteiger partial charge in [0.2, 0.25) is 23.8 Å². The van der Waals surface area contributed by atoms with Crippen molar-refractivity contribution in [1.29, 1.82) is 0 Å². The third-order valence-corrected chi connectivity index (χ3v) is 5.17. The number of carbonyl (C=O) groups is 1. The number of fused-ring (bicyclic) bond motifs is 1. The molecule has 1 spiro atoms. The summed E-state index contributed by atoms with van der Waals surface area (Å²) in [4.78, 5) is 32.6. The van der Waals surface area contributed by atoms with Crippen molar-refractivity contribution in [2.75, 3.05) is 17.7 Å². The van der Waals surface area contributed by atoms with Crippen LogP contribution in [0.2, 0.25) is 0 Å². The van der Waals surface area contributed by atoms with Crippen molar-refractivity contribution >= 4 is 36.3 Å². The molecule has 4 rings (SSSR count). The highest BCUT2D eigenvalue weighted by Crippen LogP contribution is 2.52. The Bertz CT molecular complexity index is 885. The highest BCUT2D eigenvalue weighted by molar-refractivity contribution is 6.06. The Hall–Kier alpha value is -2.98. The summed E-state index contributed by atoms with van der Waals surface area (Å²) in [5.74, 6) is -1.68. The zero-order valence-corrected chi connectivity index (χ0v) is 15.3. The van der Waals surface area contributed by atoms with E-state index in [4.69, 9.17) is 0 Å². The minimum atomic E-state index is -2.67. The molecule has 1 aromatic rings. The van der Waals surface area contributed by atoms with Gasteiger partial charge < -0.3 is 5.32 Å². The van der Waals surface area contributed by atoms with Gasteiger partial charge in [0.25, 0.3) is 5.92 Å². The maximum Gasteiger partial charge on any atom is 0.252 e. The van der Waals surface area contributed by atoms with Crippen LogP contribution in [0.25, 0.3) is 0 Å². The quantitative estimate of drug-likeness (QED) is 0.524. The Morgan fingerprint density at radius 1 is 1.39 bits per heavy atom. The second kappa shape index (κ2) is 6.57.